The number of hydrogen-bond donors (Lipinski definition) is 3. The molecule has 0 amide bonds. The Bertz CT molecular complexity index is 2120. The Morgan fingerprint density at radius 3 is 1.51 bits per heavy atom. The summed E-state index contributed by atoms with van der Waals surface area (Å²) in [5, 5.41) is 45.3. The summed E-state index contributed by atoms with van der Waals surface area (Å²) in [6, 6.07) is 9.24. The molecule has 2 aliphatic rings. The van der Waals surface area contributed by atoms with Gasteiger partial charge in [-0.1, -0.05) is 142 Å². The van der Waals surface area contributed by atoms with Crippen molar-refractivity contribution in [2.75, 3.05) is 13.2 Å². The number of carboxylic acids is 2. The number of carbonyl (C=O) groups is 2. The smallest absolute Gasteiger partial charge is 0.310 e. The zero-order valence-corrected chi connectivity index (χ0v) is 49.6. The maximum atomic E-state index is 14.2. The number of phenols is 1. The molecular formula is C61H102ClN5O7. The van der Waals surface area contributed by atoms with Crippen LogP contribution in [0.15, 0.2) is 30.3 Å². The van der Waals surface area contributed by atoms with Crippen LogP contribution in [0.3, 0.4) is 0 Å². The first-order valence-electron chi connectivity index (χ1n) is 28.8. The lowest BCUT2D eigenvalue weighted by Crippen LogP contribution is -2.67. The number of aryl methyl sites for hydroxylation is 1. The molecule has 2 fully saturated rings. The number of rotatable bonds is 28. The van der Waals surface area contributed by atoms with Crippen molar-refractivity contribution in [3.63, 3.8) is 0 Å². The summed E-state index contributed by atoms with van der Waals surface area (Å²) in [7, 11) is 0. The number of fused-ring (bicyclic) bond motifs is 1. The number of piperidine rings is 2. The van der Waals surface area contributed by atoms with Gasteiger partial charge < -0.3 is 15.3 Å². The molecule has 3 N–H and O–H groups in total. The molecule has 0 atom stereocenters. The average Bonchev–Trinajstić information content (AvgIpc) is 3.71. The van der Waals surface area contributed by atoms with Crippen LogP contribution in [0, 0.1) is 24.2 Å². The molecule has 2 saturated heterocycles. The van der Waals surface area contributed by atoms with Crippen molar-refractivity contribution in [2.45, 2.75) is 272 Å². The summed E-state index contributed by atoms with van der Waals surface area (Å²) in [5.41, 5.74) is 1.61. The first kappa shape index (κ1) is 63.2. The van der Waals surface area contributed by atoms with Crippen molar-refractivity contribution < 1.29 is 34.6 Å². The van der Waals surface area contributed by atoms with Crippen LogP contribution >= 0.6 is 11.6 Å². The number of aromatic nitrogens is 3. The maximum Gasteiger partial charge on any atom is 0.310 e. The van der Waals surface area contributed by atoms with Gasteiger partial charge in [0.2, 0.25) is 0 Å². The Labute approximate surface area is 453 Å². The van der Waals surface area contributed by atoms with Crippen LogP contribution < -0.4 is 0 Å². The van der Waals surface area contributed by atoms with Crippen LogP contribution in [-0.4, -0.2) is 87.7 Å². The highest BCUT2D eigenvalue weighted by Crippen LogP contribution is 2.59. The van der Waals surface area contributed by atoms with E-state index in [1.807, 2.05) is 25.1 Å². The second-order valence-electron chi connectivity index (χ2n) is 25.8. The normalized spacial score (nSPS) is 18.4. The number of nitrogens with zero attached hydrogens (tertiary/aromatic N) is 5. The van der Waals surface area contributed by atoms with E-state index in [0.29, 0.717) is 42.3 Å². The molecular weight excluding hydrogens is 950 g/mol. The van der Waals surface area contributed by atoms with E-state index >= 15 is 0 Å². The maximum absolute atomic E-state index is 14.2. The van der Waals surface area contributed by atoms with Crippen LogP contribution in [0.4, 0.5) is 0 Å². The van der Waals surface area contributed by atoms with E-state index in [4.69, 9.17) is 26.4 Å². The molecule has 0 bridgehead atoms. The molecule has 13 heteroatoms. The summed E-state index contributed by atoms with van der Waals surface area (Å²) in [6.45, 7) is 32.1. The highest BCUT2D eigenvalue weighted by atomic mass is 35.5. The lowest BCUT2D eigenvalue weighted by molar-refractivity contribution is -0.307. The van der Waals surface area contributed by atoms with Crippen molar-refractivity contribution in [1.29, 1.82) is 0 Å². The minimum atomic E-state index is -0.888. The van der Waals surface area contributed by atoms with Gasteiger partial charge in [-0.25, -0.2) is 0 Å². The van der Waals surface area contributed by atoms with E-state index in [9.17, 15) is 19.8 Å². The molecule has 2 aromatic carbocycles. The molecule has 0 radical (unpaired) electrons. The second-order valence-corrected chi connectivity index (χ2v) is 26.2. The van der Waals surface area contributed by atoms with Gasteiger partial charge in [0.05, 0.1) is 18.6 Å². The van der Waals surface area contributed by atoms with Gasteiger partial charge in [-0.05, 0) is 161 Å². The SMILES string of the molecule is CCCCCCCCON1C(C)(C)CC(C(CCCCCCCC(=O)O)(C(=O)O)C2CC(C)(C)N(OCCCCCCCC)C(C)(C)C2)CC1(C)C.Cc1cc(-n2nc3ccc(Cl)cc3n2)c(O)c(C(C)(C)C)c1. The van der Waals surface area contributed by atoms with Gasteiger partial charge in [0, 0.05) is 39.2 Å². The first-order chi connectivity index (χ1) is 34.6. The third-order valence-corrected chi connectivity index (χ3v) is 16.3. The lowest BCUT2D eigenvalue weighted by Gasteiger charge is -2.61. The van der Waals surface area contributed by atoms with E-state index < -0.39 is 17.4 Å². The minimum absolute atomic E-state index is 0.0110. The fourth-order valence-electron chi connectivity index (χ4n) is 12.9. The van der Waals surface area contributed by atoms with Gasteiger partial charge in [0.15, 0.2) is 0 Å². The zero-order valence-electron chi connectivity index (χ0n) is 48.8. The van der Waals surface area contributed by atoms with E-state index in [0.717, 1.165) is 80.9 Å². The fraction of sp³-hybridized carbons (Fsp3) is 0.770. The summed E-state index contributed by atoms with van der Waals surface area (Å²) >= 11 is 5.99. The Balaban J connectivity index is 0.000000442. The Hall–Kier alpha value is -3.29. The van der Waals surface area contributed by atoms with E-state index in [1.165, 1.54) is 69.0 Å². The molecule has 0 spiro atoms. The van der Waals surface area contributed by atoms with Gasteiger partial charge >= 0.3 is 11.9 Å². The van der Waals surface area contributed by atoms with Crippen molar-refractivity contribution in [3.05, 3.63) is 46.5 Å². The van der Waals surface area contributed by atoms with Crippen LogP contribution in [0.25, 0.3) is 16.7 Å². The van der Waals surface area contributed by atoms with E-state index in [1.54, 1.807) is 12.1 Å². The molecule has 12 nitrogen and oxygen atoms in total. The summed E-state index contributed by atoms with van der Waals surface area (Å²) in [5.74, 6) is -1.20. The van der Waals surface area contributed by atoms with Gasteiger partial charge in [-0.3, -0.25) is 19.3 Å². The highest BCUT2D eigenvalue weighted by Gasteiger charge is 2.61. The molecule has 74 heavy (non-hydrogen) atoms. The van der Waals surface area contributed by atoms with Crippen molar-refractivity contribution >= 4 is 34.6 Å². The van der Waals surface area contributed by atoms with E-state index in [-0.39, 0.29) is 51.6 Å². The number of phenolic OH excluding ortho intramolecular Hbond substituents is 1. The number of benzene rings is 2. The monoisotopic (exact) mass is 1050 g/mol. The van der Waals surface area contributed by atoms with Gasteiger partial charge in [0.1, 0.15) is 22.5 Å². The first-order valence-corrected chi connectivity index (χ1v) is 29.2. The van der Waals surface area contributed by atoms with Crippen molar-refractivity contribution in [2.24, 2.45) is 17.3 Å². The minimum Gasteiger partial charge on any atom is -0.505 e. The topological polar surface area (TPSA) is 150 Å². The number of carboxylic acid groups (broad SMARTS) is 2. The third kappa shape index (κ3) is 17.4. The lowest BCUT2D eigenvalue weighted by atomic mass is 9.52. The summed E-state index contributed by atoms with van der Waals surface area (Å²) in [6.07, 6.45) is 22.8. The molecule has 5 rings (SSSR count). The molecule has 0 saturated carbocycles. The number of hydrogen-bond acceptors (Lipinski definition) is 9. The Morgan fingerprint density at radius 2 is 1.07 bits per heavy atom. The molecule has 1 aromatic heterocycles. The molecule has 3 heterocycles. The third-order valence-electron chi connectivity index (χ3n) is 16.1. The van der Waals surface area contributed by atoms with Gasteiger partial charge in [0.25, 0.3) is 0 Å². The van der Waals surface area contributed by atoms with Crippen molar-refractivity contribution in [1.82, 2.24) is 25.1 Å². The second kappa shape index (κ2) is 27.8. The van der Waals surface area contributed by atoms with E-state index in [2.05, 4.69) is 110 Å². The van der Waals surface area contributed by atoms with Crippen LogP contribution in [0.5, 0.6) is 5.75 Å². The quantitative estimate of drug-likeness (QED) is 0.0596. The standard InChI is InChI=1S/C44H84N2O6.C17H18ClN3O/c1-11-13-15-17-22-26-30-51-45-40(3,4)32-36(33-41(45,5)6)44(39(49)50,29-25-21-19-20-24-28-38(47)48)37-34-42(7,8)46(43(9,10)35-37)52-31-27-23-18-16-14-12-2;1-10-7-12(17(2,3)4)16(22)15(8-10)21-19-13-6-5-11(18)9-14(13)20-21/h36-37H,11-35H2,1-10H3,(H,47,48)(H,49,50);5-9,22H,1-4H3. The van der Waals surface area contributed by atoms with Gasteiger partial charge in [-0.15, -0.1) is 15.0 Å². The molecule has 420 valence electrons. The predicted molar refractivity (Wildman–Crippen MR) is 303 cm³/mol. The predicted octanol–water partition coefficient (Wildman–Crippen LogP) is 16.4. The molecule has 0 unspecified atom stereocenters. The van der Waals surface area contributed by atoms with Crippen LogP contribution in [0.1, 0.15) is 249 Å². The number of hydroxylamine groups is 4. The number of unbranched alkanes of at least 4 members (excludes halogenated alkanes) is 14. The van der Waals surface area contributed by atoms with Crippen LogP contribution in [0.2, 0.25) is 5.02 Å². The number of aliphatic carboxylic acids is 2. The molecule has 2 aliphatic heterocycles. The average molecular weight is 1050 g/mol. The van der Waals surface area contributed by atoms with Crippen LogP contribution in [-0.2, 0) is 24.7 Å². The molecule has 3 aromatic rings. The van der Waals surface area contributed by atoms with Crippen molar-refractivity contribution in [3.8, 4) is 11.4 Å². The summed E-state index contributed by atoms with van der Waals surface area (Å²) in [4.78, 5) is 39.9. The highest BCUT2D eigenvalue weighted by molar-refractivity contribution is 6.31. The number of halogens is 1. The number of aromatic hydroxyl groups is 1. The Kier molecular flexibility index (Phi) is 23.8. The summed E-state index contributed by atoms with van der Waals surface area (Å²) < 4.78 is 0. The zero-order chi connectivity index (χ0) is 55.1. The Morgan fingerprint density at radius 1 is 0.635 bits per heavy atom. The molecule has 0 aliphatic carbocycles. The largest absolute Gasteiger partial charge is 0.505 e. The van der Waals surface area contributed by atoms with Gasteiger partial charge in [-0.2, -0.15) is 10.1 Å². The fourth-order valence-corrected chi connectivity index (χ4v) is 13.1.